The van der Waals surface area contributed by atoms with Crippen molar-refractivity contribution in [3.8, 4) is 5.88 Å². The normalized spacial score (nSPS) is 17.2. The lowest BCUT2D eigenvalue weighted by Crippen LogP contribution is -2.42. The fraction of sp³-hybridized carbons (Fsp3) is 0.625. The summed E-state index contributed by atoms with van der Waals surface area (Å²) in [6, 6.07) is 2.20. The Morgan fingerprint density at radius 2 is 2.16 bits per heavy atom. The first-order chi connectivity index (χ1) is 11.2. The number of pyridine rings is 1. The largest absolute Gasteiger partial charge is 0.475 e. The van der Waals surface area contributed by atoms with Gasteiger partial charge >= 0.3 is 6.18 Å². The number of likely N-dealkylation sites (tertiary alicyclic amines) is 1. The van der Waals surface area contributed by atoms with Crippen molar-refractivity contribution >= 4 is 29.9 Å². The Morgan fingerprint density at radius 1 is 1.44 bits per heavy atom. The predicted molar refractivity (Wildman–Crippen MR) is 101 cm³/mol. The van der Waals surface area contributed by atoms with Crippen LogP contribution in [0.15, 0.2) is 23.3 Å². The number of ether oxygens (including phenoxy) is 1. The molecular formula is C16H24F3IN4O. The number of aliphatic imine (C=N–C) groups is 1. The van der Waals surface area contributed by atoms with Crippen molar-refractivity contribution in [1.29, 1.82) is 0 Å². The van der Waals surface area contributed by atoms with Gasteiger partial charge in [0.2, 0.25) is 5.88 Å². The minimum atomic E-state index is -4.48. The standard InChI is InChI=1S/C16H23F3N4O.HI/c1-15(2)6-9-23(11-15)14(20-3)22-8-10-24-13-12(16(17,18)19)5-4-7-21-13;/h4-5,7H,6,8-11H2,1-3H3,(H,20,22);1H. The molecule has 0 unspecified atom stereocenters. The predicted octanol–water partition coefficient (Wildman–Crippen LogP) is 3.40. The fourth-order valence-electron chi connectivity index (χ4n) is 2.66. The number of guanidine groups is 1. The van der Waals surface area contributed by atoms with E-state index in [1.54, 1.807) is 7.05 Å². The first-order valence-corrected chi connectivity index (χ1v) is 7.83. The average molecular weight is 472 g/mol. The fourth-order valence-corrected chi connectivity index (χ4v) is 2.66. The van der Waals surface area contributed by atoms with Gasteiger partial charge in [0.15, 0.2) is 5.96 Å². The van der Waals surface area contributed by atoms with Crippen LogP contribution in [-0.2, 0) is 6.18 Å². The zero-order valence-corrected chi connectivity index (χ0v) is 16.9. The first kappa shape index (κ1) is 21.8. The Bertz CT molecular complexity index is 593. The van der Waals surface area contributed by atoms with Crippen LogP contribution in [0, 0.1) is 5.41 Å². The van der Waals surface area contributed by atoms with E-state index in [1.165, 1.54) is 12.3 Å². The molecule has 25 heavy (non-hydrogen) atoms. The monoisotopic (exact) mass is 472 g/mol. The summed E-state index contributed by atoms with van der Waals surface area (Å²) in [7, 11) is 1.69. The molecule has 5 nitrogen and oxygen atoms in total. The van der Waals surface area contributed by atoms with E-state index in [9.17, 15) is 13.2 Å². The minimum absolute atomic E-state index is 0. The summed E-state index contributed by atoms with van der Waals surface area (Å²) >= 11 is 0. The highest BCUT2D eigenvalue weighted by atomic mass is 127. The van der Waals surface area contributed by atoms with Crippen LogP contribution in [0.25, 0.3) is 0 Å². The van der Waals surface area contributed by atoms with Gasteiger partial charge in [0.05, 0.1) is 6.54 Å². The zero-order chi connectivity index (χ0) is 17.8. The highest BCUT2D eigenvalue weighted by molar-refractivity contribution is 14.0. The molecular weight excluding hydrogens is 448 g/mol. The summed E-state index contributed by atoms with van der Waals surface area (Å²) in [4.78, 5) is 10.0. The number of nitrogens with zero attached hydrogens (tertiary/aromatic N) is 3. The van der Waals surface area contributed by atoms with Crippen molar-refractivity contribution in [2.75, 3.05) is 33.3 Å². The van der Waals surface area contributed by atoms with Crippen molar-refractivity contribution in [1.82, 2.24) is 15.2 Å². The quantitative estimate of drug-likeness (QED) is 0.316. The topological polar surface area (TPSA) is 49.8 Å². The Balaban J connectivity index is 0.00000312. The molecule has 0 atom stereocenters. The molecule has 0 bridgehead atoms. The van der Waals surface area contributed by atoms with Crippen LogP contribution in [0.2, 0.25) is 0 Å². The van der Waals surface area contributed by atoms with Gasteiger partial charge in [0.25, 0.3) is 0 Å². The maximum absolute atomic E-state index is 12.9. The molecule has 1 N–H and O–H groups in total. The molecule has 0 spiro atoms. The molecule has 0 aliphatic carbocycles. The van der Waals surface area contributed by atoms with E-state index in [2.05, 4.69) is 34.0 Å². The summed E-state index contributed by atoms with van der Waals surface area (Å²) in [5.41, 5.74) is -0.625. The van der Waals surface area contributed by atoms with E-state index in [-0.39, 0.29) is 36.0 Å². The number of nitrogens with one attached hydrogen (secondary N) is 1. The van der Waals surface area contributed by atoms with Crippen LogP contribution in [0.4, 0.5) is 13.2 Å². The Kier molecular flexibility index (Phi) is 7.76. The van der Waals surface area contributed by atoms with Gasteiger partial charge in [-0.1, -0.05) is 13.8 Å². The van der Waals surface area contributed by atoms with E-state index in [1.807, 2.05) is 0 Å². The second-order valence-electron chi connectivity index (χ2n) is 6.51. The van der Waals surface area contributed by atoms with Gasteiger partial charge in [-0.25, -0.2) is 4.98 Å². The molecule has 0 amide bonds. The van der Waals surface area contributed by atoms with Crippen molar-refractivity contribution in [2.24, 2.45) is 10.4 Å². The van der Waals surface area contributed by atoms with Gasteiger partial charge in [-0.05, 0) is 24.0 Å². The number of aromatic nitrogens is 1. The smallest absolute Gasteiger partial charge is 0.421 e. The van der Waals surface area contributed by atoms with Gasteiger partial charge in [0, 0.05) is 26.3 Å². The minimum Gasteiger partial charge on any atom is -0.475 e. The van der Waals surface area contributed by atoms with E-state index in [0.29, 0.717) is 6.54 Å². The molecule has 1 aliphatic heterocycles. The van der Waals surface area contributed by atoms with Crippen LogP contribution >= 0.6 is 24.0 Å². The van der Waals surface area contributed by atoms with Crippen LogP contribution in [-0.4, -0.2) is 49.1 Å². The lowest BCUT2D eigenvalue weighted by Gasteiger charge is -2.23. The SMILES string of the molecule is CN=C(NCCOc1ncccc1C(F)(F)F)N1CCC(C)(C)C1.I. The van der Waals surface area contributed by atoms with Crippen LogP contribution < -0.4 is 10.1 Å². The first-order valence-electron chi connectivity index (χ1n) is 7.83. The van der Waals surface area contributed by atoms with Crippen LogP contribution in [0.1, 0.15) is 25.8 Å². The van der Waals surface area contributed by atoms with Gasteiger partial charge < -0.3 is 15.0 Å². The van der Waals surface area contributed by atoms with E-state index in [4.69, 9.17) is 4.74 Å². The molecule has 0 radical (unpaired) electrons. The Morgan fingerprint density at radius 3 is 2.72 bits per heavy atom. The molecule has 2 heterocycles. The maximum atomic E-state index is 12.9. The third kappa shape index (κ3) is 6.19. The Labute approximate surface area is 163 Å². The summed E-state index contributed by atoms with van der Waals surface area (Å²) < 4.78 is 43.8. The van der Waals surface area contributed by atoms with Crippen molar-refractivity contribution in [2.45, 2.75) is 26.4 Å². The lowest BCUT2D eigenvalue weighted by molar-refractivity contribution is -0.139. The van der Waals surface area contributed by atoms with Crippen molar-refractivity contribution < 1.29 is 17.9 Å². The molecule has 0 saturated carbocycles. The molecule has 1 aromatic heterocycles. The highest BCUT2D eigenvalue weighted by Gasteiger charge is 2.35. The zero-order valence-electron chi connectivity index (χ0n) is 14.6. The second-order valence-corrected chi connectivity index (χ2v) is 6.51. The van der Waals surface area contributed by atoms with E-state index in [0.717, 1.165) is 31.5 Å². The number of rotatable bonds is 4. The van der Waals surface area contributed by atoms with Gasteiger partial charge in [-0.3, -0.25) is 4.99 Å². The van der Waals surface area contributed by atoms with Crippen LogP contribution in [0.5, 0.6) is 5.88 Å². The molecule has 2 rings (SSSR count). The van der Waals surface area contributed by atoms with Gasteiger partial charge in [-0.15, -0.1) is 24.0 Å². The maximum Gasteiger partial charge on any atom is 0.421 e. The third-order valence-corrected chi connectivity index (χ3v) is 3.89. The average Bonchev–Trinajstić information content (AvgIpc) is 2.87. The summed E-state index contributed by atoms with van der Waals surface area (Å²) in [6.07, 6.45) is -2.12. The molecule has 0 aromatic carbocycles. The number of halogens is 4. The number of hydrogen-bond acceptors (Lipinski definition) is 3. The van der Waals surface area contributed by atoms with Crippen LogP contribution in [0.3, 0.4) is 0 Å². The van der Waals surface area contributed by atoms with E-state index >= 15 is 0 Å². The van der Waals surface area contributed by atoms with Gasteiger partial charge in [0.1, 0.15) is 12.2 Å². The third-order valence-electron chi connectivity index (χ3n) is 3.89. The lowest BCUT2D eigenvalue weighted by atomic mass is 9.93. The second kappa shape index (κ2) is 8.91. The molecule has 9 heteroatoms. The number of alkyl halides is 3. The molecule has 1 aromatic rings. The summed E-state index contributed by atoms with van der Waals surface area (Å²) in [5, 5.41) is 3.12. The molecule has 1 fully saturated rings. The highest BCUT2D eigenvalue weighted by Crippen LogP contribution is 2.34. The summed E-state index contributed by atoms with van der Waals surface area (Å²) in [6.45, 7) is 6.61. The van der Waals surface area contributed by atoms with E-state index < -0.39 is 17.6 Å². The molecule has 1 saturated heterocycles. The van der Waals surface area contributed by atoms with Crippen molar-refractivity contribution in [3.05, 3.63) is 23.9 Å². The molecule has 1 aliphatic rings. The molecule has 142 valence electrons. The summed E-state index contributed by atoms with van der Waals surface area (Å²) in [5.74, 6) is 0.338. The van der Waals surface area contributed by atoms with Gasteiger partial charge in [-0.2, -0.15) is 13.2 Å². The van der Waals surface area contributed by atoms with Crippen molar-refractivity contribution in [3.63, 3.8) is 0 Å². The Hall–Kier alpha value is -1.26. The number of hydrogen-bond donors (Lipinski definition) is 1.